The van der Waals surface area contributed by atoms with Gasteiger partial charge in [-0.3, -0.25) is 14.9 Å². The Labute approximate surface area is 931 Å². The van der Waals surface area contributed by atoms with Gasteiger partial charge in [0.25, 0.3) is 5.69 Å². The fraction of sp³-hybridized carbons (Fsp3) is 0.402. The molecular formula is C132H216BrClF10N2O4. The van der Waals surface area contributed by atoms with E-state index in [9.17, 15) is 58.8 Å². The van der Waals surface area contributed by atoms with E-state index >= 15 is 0 Å². The molecule has 0 aliphatic rings. The molecule has 18 heteroatoms. The third-order valence-corrected chi connectivity index (χ3v) is 13.5. The number of nitro groups is 1. The molecule has 0 atom stereocenters. The van der Waals surface area contributed by atoms with Crippen LogP contribution in [0.25, 0.3) is 0 Å². The summed E-state index contributed by atoms with van der Waals surface area (Å²) in [5.41, 5.74) is 12.9. The first kappa shape index (κ1) is 193. The number of hydrogen-bond acceptors (Lipinski definition) is 4. The lowest BCUT2D eigenvalue weighted by atomic mass is 10.1. The highest BCUT2D eigenvalue weighted by Crippen LogP contribution is 2.28. The minimum atomic E-state index is -4.21. The lowest BCUT2D eigenvalue weighted by Crippen LogP contribution is -2.12. The molecule has 13 aromatic carbocycles. The van der Waals surface area contributed by atoms with Crippen molar-refractivity contribution in [1.29, 1.82) is 0 Å². The summed E-state index contributed by atoms with van der Waals surface area (Å²) in [5, 5.41) is 10.8. The molecule has 0 radical (unpaired) electrons. The second-order valence-corrected chi connectivity index (χ2v) is 23.1. The molecule has 0 bridgehead atoms. The molecule has 13 rings (SSSR count). The minimum absolute atomic E-state index is 0.132. The van der Waals surface area contributed by atoms with E-state index < -0.39 is 39.9 Å². The van der Waals surface area contributed by atoms with E-state index in [-0.39, 0.29) is 29.0 Å². The van der Waals surface area contributed by atoms with E-state index in [2.05, 4.69) is 73.1 Å². The summed E-state index contributed by atoms with van der Waals surface area (Å²) < 4.78 is 125. The minimum Gasteiger partial charge on any atom is -0.497 e. The van der Waals surface area contributed by atoms with Gasteiger partial charge in [-0.05, 0) is 174 Å². The zero-order chi connectivity index (χ0) is 123. The lowest BCUT2D eigenvalue weighted by Gasteiger charge is -2.03. The van der Waals surface area contributed by atoms with E-state index in [1.165, 1.54) is 89.5 Å². The van der Waals surface area contributed by atoms with Crippen LogP contribution in [0.3, 0.4) is 0 Å². The van der Waals surface area contributed by atoms with Crippen LogP contribution in [0.5, 0.6) is 5.75 Å². The number of para-hydroxylation sites is 2. The standard InChI is InChI=1S/C9H11NO.C8H10.C7H5F3.2C7H7F.C7H8O.C7H8.C6H5Br.C6H5Cl.2C6H4F2.C6H5F.C6H5NO2.22C2H6/c1-6-3-4-7(2)8(5-6)9(10)11;1-7-3-5-8(2)6-4-7;8-7(9,10)6-4-2-1-3-5-6;1-6-3-2-4-7(8)5-6;1-6-4-2-3-5-7(6)8;1-8-7-5-3-2-4-6-7;1-7-5-3-2-4-6-7;2*7-6-4-2-1-3-5-6;7-5-1-2-6(8)4-3-5;7-5-2-1-3-6(8)4-5;7-6-4-2-1-3-5-6;8-7(9)6-4-2-1-3-5-6;22*1-2/h3-5H,1-2H3,(H2,10,11);3-6H,1-2H3;1-5H;2*2-5H,1H3;2-6H,1H3;2-6H,1H3;2*1-5H;2*1-4H;1-5H;1-5H;22*1-2H3. The fourth-order valence-electron chi connectivity index (χ4n) is 7.20. The first-order valence-corrected chi connectivity index (χ1v) is 55.4. The van der Waals surface area contributed by atoms with Crippen molar-refractivity contribution in [2.45, 2.75) is 359 Å². The molecule has 13 aromatic rings. The first-order valence-electron chi connectivity index (χ1n) is 54.2. The summed E-state index contributed by atoms with van der Waals surface area (Å²) in [7, 11) is 1.66. The number of rotatable bonds is 3. The van der Waals surface area contributed by atoms with Crippen molar-refractivity contribution in [2.75, 3.05) is 7.11 Å². The van der Waals surface area contributed by atoms with Crippen LogP contribution in [0.1, 0.15) is 360 Å². The number of hydrogen-bond donors (Lipinski definition) is 1. The normalized spacial score (nSPS) is 7.44. The monoisotopic (exact) mass is 2200 g/mol. The molecule has 0 aliphatic carbocycles. The van der Waals surface area contributed by atoms with E-state index in [4.69, 9.17) is 22.1 Å². The number of benzene rings is 13. The quantitative estimate of drug-likeness (QED) is 0.108. The van der Waals surface area contributed by atoms with Crippen molar-refractivity contribution >= 4 is 39.1 Å². The van der Waals surface area contributed by atoms with Crippen LogP contribution in [0.2, 0.25) is 5.02 Å². The van der Waals surface area contributed by atoms with Gasteiger partial charge in [-0.25, -0.2) is 30.7 Å². The van der Waals surface area contributed by atoms with Gasteiger partial charge < -0.3 is 10.5 Å². The zero-order valence-electron chi connectivity index (χ0n) is 104. The van der Waals surface area contributed by atoms with Crippen molar-refractivity contribution in [3.8, 4) is 5.75 Å². The molecule has 0 spiro atoms. The third-order valence-electron chi connectivity index (χ3n) is 12.7. The highest BCUT2D eigenvalue weighted by Gasteiger charge is 2.29. The SMILES string of the molecule is Brc1ccccc1.CC.CC.CC.CC.CC.CC.CC.CC.CC.CC.CC.CC.CC.CC.CC.CC.CC.CC.CC.CC.CC.CC.COc1ccccc1.Cc1ccc(C)c(C(N)=O)c1.Cc1ccc(C)cc1.Cc1cccc(F)c1.Cc1ccccc1.Cc1ccccc1F.Clc1ccccc1.FC(F)(F)c1ccccc1.Fc1ccc(F)cc1.Fc1cccc(F)c1.Fc1ccccc1.O=[N+]([O-])c1ccccc1. The number of ether oxygens (including phenoxy) is 1. The van der Waals surface area contributed by atoms with Gasteiger partial charge in [0.15, 0.2) is 0 Å². The lowest BCUT2D eigenvalue weighted by molar-refractivity contribution is -0.384. The maximum absolute atomic E-state index is 12.3. The summed E-state index contributed by atoms with van der Waals surface area (Å²) in [6.45, 7) is 102. The molecule has 0 saturated heterocycles. The van der Waals surface area contributed by atoms with Crippen LogP contribution < -0.4 is 10.5 Å². The molecule has 6 nitrogen and oxygen atoms in total. The third kappa shape index (κ3) is 162. The molecule has 0 saturated carbocycles. The molecule has 0 aliphatic heterocycles. The van der Waals surface area contributed by atoms with Crippen molar-refractivity contribution in [1.82, 2.24) is 0 Å². The Morgan fingerprint density at radius 2 is 0.507 bits per heavy atom. The van der Waals surface area contributed by atoms with E-state index in [1.807, 2.05) is 459 Å². The summed E-state index contributed by atoms with van der Waals surface area (Å²) >= 11 is 8.85. The molecule has 0 heterocycles. The Hall–Kier alpha value is -11.4. The Balaban J connectivity index is -0.0000000574. The van der Waals surface area contributed by atoms with Crippen LogP contribution in [0.15, 0.2) is 356 Å². The highest BCUT2D eigenvalue weighted by atomic mass is 79.9. The number of methoxy groups -OCH3 is 1. The molecule has 0 aromatic heterocycles. The van der Waals surface area contributed by atoms with Crippen molar-refractivity contribution in [3.63, 3.8) is 0 Å². The number of nitro benzene ring substituents is 1. The molecule has 1 amide bonds. The Morgan fingerprint density at radius 1 is 0.273 bits per heavy atom. The van der Waals surface area contributed by atoms with Crippen LogP contribution in [-0.2, 0) is 6.18 Å². The van der Waals surface area contributed by atoms with Crippen molar-refractivity contribution in [3.05, 3.63) is 462 Å². The number of carbonyl (C=O) groups excluding carboxylic acids is 1. The van der Waals surface area contributed by atoms with Crippen LogP contribution in [0, 0.1) is 99.3 Å². The zero-order valence-corrected chi connectivity index (χ0v) is 106. The van der Waals surface area contributed by atoms with E-state index in [1.54, 1.807) is 80.8 Å². The largest absolute Gasteiger partial charge is 0.497 e. The number of non-ortho nitro benzene ring substituents is 1. The van der Waals surface area contributed by atoms with Gasteiger partial charge in [-0.2, -0.15) is 13.2 Å². The smallest absolute Gasteiger partial charge is 0.416 e. The number of carbonyl (C=O) groups is 1. The number of amides is 1. The van der Waals surface area contributed by atoms with Gasteiger partial charge in [-0.1, -0.05) is 579 Å². The number of nitrogens with two attached hydrogens (primary N) is 1. The van der Waals surface area contributed by atoms with Crippen molar-refractivity contribution < 1.29 is 58.4 Å². The molecule has 2 N–H and O–H groups in total. The molecule has 0 unspecified atom stereocenters. The Kier molecular flexibility index (Phi) is 231. The second-order valence-electron chi connectivity index (χ2n) is 21.8. The Morgan fingerprint density at radius 3 is 0.687 bits per heavy atom. The van der Waals surface area contributed by atoms with Gasteiger partial charge in [-0.15, -0.1) is 0 Å². The summed E-state index contributed by atoms with van der Waals surface area (Å²) in [4.78, 5) is 20.4. The average molecular weight is 2200 g/mol. The highest BCUT2D eigenvalue weighted by molar-refractivity contribution is 9.10. The number of primary amides is 1. The maximum Gasteiger partial charge on any atom is 0.416 e. The van der Waals surface area contributed by atoms with Crippen LogP contribution >= 0.6 is 27.5 Å². The van der Waals surface area contributed by atoms with Crippen LogP contribution in [-0.4, -0.2) is 17.9 Å². The topological polar surface area (TPSA) is 95.5 Å². The fourth-order valence-corrected chi connectivity index (χ4v) is 7.65. The summed E-state index contributed by atoms with van der Waals surface area (Å²) in [5.74, 6) is -1.81. The number of halogens is 12. The molecule has 862 valence electrons. The van der Waals surface area contributed by atoms with Crippen LogP contribution in [0.4, 0.5) is 49.6 Å². The number of aryl methyl sites for hydroxylation is 7. The number of nitrogens with zero attached hydrogens (tertiary/aromatic N) is 1. The maximum atomic E-state index is 12.3. The van der Waals surface area contributed by atoms with Gasteiger partial charge in [0.2, 0.25) is 5.91 Å². The number of alkyl halides is 3. The van der Waals surface area contributed by atoms with Gasteiger partial charge >= 0.3 is 6.18 Å². The molecule has 0 fully saturated rings. The van der Waals surface area contributed by atoms with E-state index in [0.717, 1.165) is 74.4 Å². The van der Waals surface area contributed by atoms with Crippen molar-refractivity contribution in [2.24, 2.45) is 5.73 Å². The Bertz CT molecular complexity index is 4050. The van der Waals surface area contributed by atoms with Gasteiger partial charge in [0.1, 0.15) is 46.5 Å². The molecule has 150 heavy (non-hydrogen) atoms. The predicted octanol–water partition coefficient (Wildman–Crippen LogP) is 49.1. The molecular weight excluding hydrogens is 1980 g/mol. The van der Waals surface area contributed by atoms with Gasteiger partial charge in [0.05, 0.1) is 17.6 Å². The average Bonchev–Trinajstić information content (AvgIpc) is 0.879. The van der Waals surface area contributed by atoms with Gasteiger partial charge in [0, 0.05) is 33.3 Å². The predicted molar refractivity (Wildman–Crippen MR) is 666 cm³/mol. The first-order chi connectivity index (χ1) is 72.5. The summed E-state index contributed by atoms with van der Waals surface area (Å²) in [6, 6.07) is 97.8. The second kappa shape index (κ2) is 179. The van der Waals surface area contributed by atoms with E-state index in [0.29, 0.717) is 11.1 Å². The summed E-state index contributed by atoms with van der Waals surface area (Å²) in [6.07, 6.45) is -4.21.